The van der Waals surface area contributed by atoms with Gasteiger partial charge in [0.2, 0.25) is 5.91 Å². The Morgan fingerprint density at radius 1 is 0.647 bits per heavy atom. The van der Waals surface area contributed by atoms with Crippen LogP contribution in [0.2, 0.25) is 0 Å². The summed E-state index contributed by atoms with van der Waals surface area (Å²) in [5, 5.41) is 8.93. The second kappa shape index (κ2) is 32.7. The summed E-state index contributed by atoms with van der Waals surface area (Å²) >= 11 is 0. The van der Waals surface area contributed by atoms with Crippen molar-refractivity contribution in [3.05, 3.63) is 0 Å². The van der Waals surface area contributed by atoms with E-state index in [2.05, 4.69) is 32.8 Å². The van der Waals surface area contributed by atoms with Crippen molar-refractivity contribution in [3.63, 3.8) is 0 Å². The average molecular weight is 507 g/mol. The van der Waals surface area contributed by atoms with Crippen LogP contribution in [0.5, 0.6) is 0 Å². The van der Waals surface area contributed by atoms with E-state index >= 15 is 0 Å². The van der Waals surface area contributed by atoms with Crippen LogP contribution >= 0.6 is 12.4 Å². The van der Waals surface area contributed by atoms with E-state index in [1.165, 1.54) is 122 Å². The number of rotatable bonds is 24. The molecule has 0 radical (unpaired) electrons. The predicted molar refractivity (Wildman–Crippen MR) is 154 cm³/mol. The second-order valence-corrected chi connectivity index (χ2v) is 10.2. The third-order valence-corrected chi connectivity index (χ3v) is 6.46. The summed E-state index contributed by atoms with van der Waals surface area (Å²) in [5.41, 5.74) is 5.35. The molecule has 3 N–H and O–H groups in total. The minimum atomic E-state index is -0.254. The number of hydrogen-bond donors (Lipinski definition) is 2. The van der Waals surface area contributed by atoms with Crippen LogP contribution in [-0.2, 0) is 4.79 Å². The molecule has 0 aliphatic carbocycles. The molecule has 1 unspecified atom stereocenters. The SMILES string of the molecule is CCCCCCCCCCCCCCCCCCCCC(CCO)C(N)=O.CCCN(C)C.Cl. The smallest absolute Gasteiger partial charge is 0.220 e. The van der Waals surface area contributed by atoms with Crippen molar-refractivity contribution in [2.45, 2.75) is 149 Å². The number of aliphatic hydroxyl groups excluding tert-OH is 1. The van der Waals surface area contributed by atoms with Crippen LogP contribution in [0.15, 0.2) is 0 Å². The summed E-state index contributed by atoms with van der Waals surface area (Å²) < 4.78 is 0. The average Bonchev–Trinajstić information content (AvgIpc) is 2.77. The van der Waals surface area contributed by atoms with Crippen LogP contribution in [0.25, 0.3) is 0 Å². The van der Waals surface area contributed by atoms with Gasteiger partial charge >= 0.3 is 0 Å². The molecule has 0 fully saturated rings. The molecular weight excluding hydrogens is 444 g/mol. The summed E-state index contributed by atoms with van der Waals surface area (Å²) in [4.78, 5) is 13.4. The first-order chi connectivity index (χ1) is 16.0. The predicted octanol–water partition coefficient (Wildman–Crippen LogP) is 8.28. The Labute approximate surface area is 220 Å². The third-order valence-electron chi connectivity index (χ3n) is 6.46. The van der Waals surface area contributed by atoms with E-state index in [1.54, 1.807) is 0 Å². The summed E-state index contributed by atoms with van der Waals surface area (Å²) in [6.45, 7) is 5.73. The fourth-order valence-corrected chi connectivity index (χ4v) is 4.32. The highest BCUT2D eigenvalue weighted by atomic mass is 35.5. The molecule has 0 aliphatic rings. The molecule has 0 spiro atoms. The van der Waals surface area contributed by atoms with Gasteiger partial charge in [-0.1, -0.05) is 129 Å². The number of carbonyl (C=O) groups excluding carboxylic acids is 1. The number of hydrogen-bond acceptors (Lipinski definition) is 3. The maximum Gasteiger partial charge on any atom is 0.220 e. The molecule has 0 aromatic rings. The number of halogens is 1. The van der Waals surface area contributed by atoms with E-state index in [9.17, 15) is 4.79 Å². The van der Waals surface area contributed by atoms with Gasteiger partial charge < -0.3 is 15.7 Å². The van der Waals surface area contributed by atoms with Crippen molar-refractivity contribution < 1.29 is 9.90 Å². The standard InChI is InChI=1S/C24H49NO2.C5H13N.ClH/c1-2-3-4-5-6-7-8-9-10-11-12-13-14-15-16-17-18-19-20-23(21-22-26)24(25)27;1-4-5-6(2)3;/h23,26H,2-22H2,1H3,(H2,25,27);4-5H2,1-3H3;1H. The summed E-state index contributed by atoms with van der Waals surface area (Å²) in [7, 11) is 4.17. The third kappa shape index (κ3) is 33.9. The van der Waals surface area contributed by atoms with E-state index < -0.39 is 0 Å². The summed E-state index contributed by atoms with van der Waals surface area (Å²) in [6, 6.07) is 0. The zero-order chi connectivity index (χ0) is 25.0. The highest BCUT2D eigenvalue weighted by Crippen LogP contribution is 2.16. The topological polar surface area (TPSA) is 66.6 Å². The van der Waals surface area contributed by atoms with Crippen LogP contribution in [-0.4, -0.2) is 43.2 Å². The summed E-state index contributed by atoms with van der Waals surface area (Å²) in [5.74, 6) is -0.382. The zero-order valence-corrected chi connectivity index (χ0v) is 24.4. The fourth-order valence-electron chi connectivity index (χ4n) is 4.32. The van der Waals surface area contributed by atoms with Crippen molar-refractivity contribution in [1.29, 1.82) is 0 Å². The van der Waals surface area contributed by atoms with E-state index in [0.29, 0.717) is 6.42 Å². The molecule has 0 bridgehead atoms. The van der Waals surface area contributed by atoms with Gasteiger partial charge in [-0.05, 0) is 39.9 Å². The van der Waals surface area contributed by atoms with Gasteiger partial charge in [-0.2, -0.15) is 0 Å². The number of nitrogens with two attached hydrogens (primary N) is 1. The van der Waals surface area contributed by atoms with Gasteiger partial charge in [-0.3, -0.25) is 4.79 Å². The van der Waals surface area contributed by atoms with Crippen LogP contribution in [0.4, 0.5) is 0 Å². The van der Waals surface area contributed by atoms with Gasteiger partial charge in [0.1, 0.15) is 0 Å². The minimum Gasteiger partial charge on any atom is -0.396 e. The Bertz CT molecular complexity index is 381. The largest absolute Gasteiger partial charge is 0.396 e. The van der Waals surface area contributed by atoms with Gasteiger partial charge in [0.15, 0.2) is 0 Å². The molecule has 0 rings (SSSR count). The lowest BCUT2D eigenvalue weighted by atomic mass is 9.96. The van der Waals surface area contributed by atoms with Crippen molar-refractivity contribution in [3.8, 4) is 0 Å². The second-order valence-electron chi connectivity index (χ2n) is 10.2. The molecule has 208 valence electrons. The van der Waals surface area contributed by atoms with Crippen molar-refractivity contribution in [2.75, 3.05) is 27.2 Å². The zero-order valence-electron chi connectivity index (χ0n) is 23.6. The molecule has 0 aromatic carbocycles. The lowest BCUT2D eigenvalue weighted by Gasteiger charge is -2.11. The van der Waals surface area contributed by atoms with Gasteiger partial charge in [-0.25, -0.2) is 0 Å². The Balaban J connectivity index is -0.00000121. The Kier molecular flexibility index (Phi) is 36.7. The molecule has 1 atom stereocenters. The minimum absolute atomic E-state index is 0. The van der Waals surface area contributed by atoms with Crippen molar-refractivity contribution in [1.82, 2.24) is 4.90 Å². The lowest BCUT2D eigenvalue weighted by Crippen LogP contribution is -2.24. The van der Waals surface area contributed by atoms with E-state index in [1.807, 2.05) is 0 Å². The normalized spacial score (nSPS) is 11.6. The Hall–Kier alpha value is -0.320. The van der Waals surface area contributed by atoms with Gasteiger partial charge in [0.05, 0.1) is 0 Å². The molecular formula is C29H63ClN2O2. The molecule has 0 saturated heterocycles. The van der Waals surface area contributed by atoms with Gasteiger partial charge in [-0.15, -0.1) is 12.4 Å². The number of primary amides is 1. The molecule has 4 nitrogen and oxygen atoms in total. The number of unbranched alkanes of at least 4 members (excludes halogenated alkanes) is 17. The van der Waals surface area contributed by atoms with Crippen LogP contribution in [0, 0.1) is 5.92 Å². The van der Waals surface area contributed by atoms with E-state index in [0.717, 1.165) is 12.8 Å². The molecule has 0 saturated carbocycles. The summed E-state index contributed by atoms with van der Waals surface area (Å²) in [6.07, 6.45) is 27.3. The van der Waals surface area contributed by atoms with Crippen molar-refractivity contribution >= 4 is 18.3 Å². The maximum atomic E-state index is 11.2. The van der Waals surface area contributed by atoms with Crippen LogP contribution in [0.1, 0.15) is 149 Å². The van der Waals surface area contributed by atoms with Crippen LogP contribution < -0.4 is 5.73 Å². The fraction of sp³-hybridized carbons (Fsp3) is 0.966. The molecule has 1 amide bonds. The molecule has 5 heteroatoms. The van der Waals surface area contributed by atoms with Crippen molar-refractivity contribution in [2.24, 2.45) is 11.7 Å². The molecule has 0 heterocycles. The molecule has 0 aromatic heterocycles. The molecule has 34 heavy (non-hydrogen) atoms. The first kappa shape index (κ1) is 38.2. The quantitative estimate of drug-likeness (QED) is 0.129. The first-order valence-electron chi connectivity index (χ1n) is 14.5. The monoisotopic (exact) mass is 506 g/mol. The maximum absolute atomic E-state index is 11.2. The first-order valence-corrected chi connectivity index (χ1v) is 14.5. The van der Waals surface area contributed by atoms with Gasteiger partial charge in [0, 0.05) is 12.5 Å². The number of nitrogens with zero attached hydrogens (tertiary/aromatic N) is 1. The lowest BCUT2D eigenvalue weighted by molar-refractivity contribution is -0.122. The number of aliphatic hydroxyl groups is 1. The Morgan fingerprint density at radius 2 is 1.00 bits per heavy atom. The number of carbonyl (C=O) groups is 1. The highest BCUT2D eigenvalue weighted by molar-refractivity contribution is 5.85. The van der Waals surface area contributed by atoms with E-state index in [-0.39, 0.29) is 30.8 Å². The highest BCUT2D eigenvalue weighted by Gasteiger charge is 2.13. The molecule has 0 aliphatic heterocycles. The van der Waals surface area contributed by atoms with Gasteiger partial charge in [0.25, 0.3) is 0 Å². The van der Waals surface area contributed by atoms with E-state index in [4.69, 9.17) is 10.8 Å². The van der Waals surface area contributed by atoms with Crippen LogP contribution in [0.3, 0.4) is 0 Å². The number of amides is 1. The Morgan fingerprint density at radius 3 is 1.24 bits per heavy atom.